The Morgan fingerprint density at radius 3 is 2.00 bits per heavy atom. The van der Waals surface area contributed by atoms with Crippen LogP contribution >= 0.6 is 0 Å². The molecule has 2 saturated carbocycles. The zero-order valence-electron chi connectivity index (χ0n) is 6.53. The maximum atomic E-state index is 10.6. The Bertz CT molecular complexity index is 165. The van der Waals surface area contributed by atoms with Crippen molar-refractivity contribution in [2.24, 2.45) is 11.8 Å². The fourth-order valence-electron chi connectivity index (χ4n) is 2.77. The highest BCUT2D eigenvalue weighted by atomic mass is 16.6. The van der Waals surface area contributed by atoms with Crippen molar-refractivity contribution in [3.8, 4) is 0 Å². The minimum Gasteiger partial charge on any atom is -0.264 e. The third kappa shape index (κ3) is 1.03. The molecular weight excluding hydrogens is 142 g/mol. The van der Waals surface area contributed by atoms with Crippen molar-refractivity contribution in [2.45, 2.75) is 38.1 Å². The van der Waals surface area contributed by atoms with Gasteiger partial charge in [0, 0.05) is 16.8 Å². The lowest BCUT2D eigenvalue weighted by Crippen LogP contribution is -2.33. The quantitative estimate of drug-likeness (QED) is 0.428. The van der Waals surface area contributed by atoms with Gasteiger partial charge < -0.3 is 0 Å². The molecule has 62 valence electrons. The second kappa shape index (κ2) is 2.47. The largest absolute Gasteiger partial charge is 0.264 e. The first-order chi connectivity index (χ1) is 5.29. The second-order valence-corrected chi connectivity index (χ2v) is 3.80. The summed E-state index contributed by atoms with van der Waals surface area (Å²) in [5.74, 6) is 0.840. The van der Waals surface area contributed by atoms with Gasteiger partial charge in [-0.25, -0.2) is 0 Å². The van der Waals surface area contributed by atoms with Gasteiger partial charge in [0.05, 0.1) is 0 Å². The second-order valence-electron chi connectivity index (χ2n) is 3.80. The summed E-state index contributed by atoms with van der Waals surface area (Å²) in [4.78, 5) is 10.6. The average Bonchev–Trinajstić information content (AvgIpc) is 2.23. The molecule has 0 aliphatic heterocycles. The molecule has 0 aromatic rings. The number of fused-ring (bicyclic) bond motifs is 2. The first kappa shape index (κ1) is 7.07. The van der Waals surface area contributed by atoms with Crippen LogP contribution in [0.3, 0.4) is 0 Å². The number of hydrogen-bond acceptors (Lipinski definition) is 2. The summed E-state index contributed by atoms with van der Waals surface area (Å²) in [6.07, 6.45) is 5.64. The van der Waals surface area contributed by atoms with Crippen LogP contribution in [0.2, 0.25) is 0 Å². The van der Waals surface area contributed by atoms with E-state index < -0.39 is 0 Å². The monoisotopic (exact) mass is 155 g/mol. The van der Waals surface area contributed by atoms with Crippen molar-refractivity contribution < 1.29 is 4.92 Å². The smallest absolute Gasteiger partial charge is 0.218 e. The molecule has 3 heteroatoms. The van der Waals surface area contributed by atoms with Crippen molar-refractivity contribution in [2.75, 3.05) is 0 Å². The molecule has 2 aliphatic carbocycles. The van der Waals surface area contributed by atoms with E-state index in [0.717, 1.165) is 25.7 Å². The van der Waals surface area contributed by atoms with Gasteiger partial charge in [0.1, 0.15) is 0 Å². The van der Waals surface area contributed by atoms with Crippen LogP contribution < -0.4 is 0 Å². The van der Waals surface area contributed by atoms with Gasteiger partial charge in [-0.2, -0.15) is 0 Å². The normalized spacial score (nSPS) is 42.4. The molecule has 0 saturated heterocycles. The van der Waals surface area contributed by atoms with Crippen molar-refractivity contribution in [3.63, 3.8) is 0 Å². The van der Waals surface area contributed by atoms with Crippen LogP contribution in [0.5, 0.6) is 0 Å². The predicted octanol–water partition coefficient (Wildman–Crippen LogP) is 1.84. The molecule has 0 amide bonds. The summed E-state index contributed by atoms with van der Waals surface area (Å²) >= 11 is 0. The summed E-state index contributed by atoms with van der Waals surface area (Å²) in [6.45, 7) is 0. The van der Waals surface area contributed by atoms with Crippen molar-refractivity contribution in [1.29, 1.82) is 0 Å². The minimum absolute atomic E-state index is 0.0402. The lowest BCUT2D eigenvalue weighted by atomic mass is 9.85. The van der Waals surface area contributed by atoms with E-state index in [1.54, 1.807) is 0 Å². The van der Waals surface area contributed by atoms with Gasteiger partial charge in [-0.15, -0.1) is 0 Å². The van der Waals surface area contributed by atoms with Crippen molar-refractivity contribution >= 4 is 0 Å². The van der Waals surface area contributed by atoms with Crippen LogP contribution in [0.1, 0.15) is 32.1 Å². The first-order valence-electron chi connectivity index (χ1n) is 4.42. The molecule has 2 aliphatic rings. The van der Waals surface area contributed by atoms with Gasteiger partial charge in [-0.1, -0.05) is 6.42 Å². The fourth-order valence-corrected chi connectivity index (χ4v) is 2.77. The SMILES string of the molecule is O=[N+]([O-])C1C2CCCC1CC2. The molecule has 2 unspecified atom stereocenters. The van der Waals surface area contributed by atoms with Crippen LogP contribution in [-0.2, 0) is 0 Å². The molecule has 0 aromatic carbocycles. The van der Waals surface area contributed by atoms with E-state index in [9.17, 15) is 10.1 Å². The first-order valence-corrected chi connectivity index (χ1v) is 4.42. The zero-order valence-corrected chi connectivity index (χ0v) is 6.53. The number of rotatable bonds is 1. The molecule has 11 heavy (non-hydrogen) atoms. The van der Waals surface area contributed by atoms with Gasteiger partial charge in [0.25, 0.3) is 0 Å². The van der Waals surface area contributed by atoms with E-state index in [0.29, 0.717) is 11.8 Å². The Morgan fingerprint density at radius 2 is 1.64 bits per heavy atom. The summed E-state index contributed by atoms with van der Waals surface area (Å²) in [7, 11) is 0. The van der Waals surface area contributed by atoms with Crippen molar-refractivity contribution in [1.82, 2.24) is 0 Å². The highest BCUT2D eigenvalue weighted by Crippen LogP contribution is 2.43. The van der Waals surface area contributed by atoms with Gasteiger partial charge >= 0.3 is 0 Å². The molecular formula is C8H13NO2. The molecule has 2 fully saturated rings. The Labute approximate surface area is 65.9 Å². The predicted molar refractivity (Wildman–Crippen MR) is 40.8 cm³/mol. The van der Waals surface area contributed by atoms with Crippen molar-refractivity contribution in [3.05, 3.63) is 10.1 Å². The van der Waals surface area contributed by atoms with Gasteiger partial charge in [-0.3, -0.25) is 10.1 Å². The number of nitro groups is 1. The lowest BCUT2D eigenvalue weighted by molar-refractivity contribution is -0.539. The molecule has 0 aromatic heterocycles. The number of hydrogen-bond donors (Lipinski definition) is 0. The lowest BCUT2D eigenvalue weighted by Gasteiger charge is -2.22. The summed E-state index contributed by atoms with van der Waals surface area (Å²) in [6, 6.07) is -0.177. The van der Waals surface area contributed by atoms with Crippen LogP contribution in [-0.4, -0.2) is 11.0 Å². The topological polar surface area (TPSA) is 43.1 Å². The summed E-state index contributed by atoms with van der Waals surface area (Å²) in [5.41, 5.74) is 0. The third-order valence-electron chi connectivity index (χ3n) is 3.27. The van der Waals surface area contributed by atoms with E-state index in [1.807, 2.05) is 0 Å². The van der Waals surface area contributed by atoms with Crippen LogP contribution in [0.25, 0.3) is 0 Å². The molecule has 2 atom stereocenters. The number of nitrogens with zero attached hydrogens (tertiary/aromatic N) is 1. The van der Waals surface area contributed by atoms with E-state index in [1.165, 1.54) is 6.42 Å². The molecule has 2 bridgehead atoms. The van der Waals surface area contributed by atoms with Crippen LogP contribution in [0, 0.1) is 22.0 Å². The molecule has 0 spiro atoms. The van der Waals surface area contributed by atoms with E-state index in [4.69, 9.17) is 0 Å². The maximum Gasteiger partial charge on any atom is 0.218 e. The maximum absolute atomic E-state index is 10.6. The standard InChI is InChI=1S/C8H13NO2/c10-9(11)8-6-2-1-3-7(8)5-4-6/h6-8H,1-5H2. The minimum atomic E-state index is -0.177. The third-order valence-corrected chi connectivity index (χ3v) is 3.27. The van der Waals surface area contributed by atoms with E-state index >= 15 is 0 Å². The average molecular weight is 155 g/mol. The summed E-state index contributed by atoms with van der Waals surface area (Å²) < 4.78 is 0. The molecule has 0 N–H and O–H groups in total. The van der Waals surface area contributed by atoms with Crippen LogP contribution in [0.15, 0.2) is 0 Å². The molecule has 0 radical (unpaired) electrons. The Kier molecular flexibility index (Phi) is 1.59. The molecule has 2 rings (SSSR count). The van der Waals surface area contributed by atoms with Gasteiger partial charge in [0.2, 0.25) is 6.04 Å². The summed E-state index contributed by atoms with van der Waals surface area (Å²) in [5, 5.41) is 10.6. The van der Waals surface area contributed by atoms with Crippen LogP contribution in [0.4, 0.5) is 0 Å². The van der Waals surface area contributed by atoms with E-state index in [-0.39, 0.29) is 11.0 Å². The highest BCUT2D eigenvalue weighted by molar-refractivity contribution is 4.88. The fraction of sp³-hybridized carbons (Fsp3) is 1.00. The van der Waals surface area contributed by atoms with E-state index in [2.05, 4.69) is 0 Å². The Hall–Kier alpha value is -0.600. The Morgan fingerprint density at radius 1 is 1.09 bits per heavy atom. The van der Waals surface area contributed by atoms with Gasteiger partial charge in [-0.05, 0) is 25.7 Å². The molecule has 0 heterocycles. The molecule has 3 nitrogen and oxygen atoms in total. The Balaban J connectivity index is 2.15. The highest BCUT2D eigenvalue weighted by Gasteiger charge is 2.46. The zero-order chi connectivity index (χ0) is 7.84. The van der Waals surface area contributed by atoms with Gasteiger partial charge in [0.15, 0.2) is 0 Å².